The largest absolute Gasteiger partial charge is 0.157 e. The summed E-state index contributed by atoms with van der Waals surface area (Å²) in [5, 5.41) is 0. The van der Waals surface area contributed by atoms with Crippen molar-refractivity contribution < 1.29 is 4.21 Å². The SMILES string of the molecule is Cc1cccc([S+](C)(C)=O)c1. The summed E-state index contributed by atoms with van der Waals surface area (Å²) in [7, 11) is -1.78. The van der Waals surface area contributed by atoms with Crippen molar-refractivity contribution in [3.05, 3.63) is 29.8 Å². The summed E-state index contributed by atoms with van der Waals surface area (Å²) in [6, 6.07) is 7.84. The van der Waals surface area contributed by atoms with Gasteiger partial charge in [0.25, 0.3) is 0 Å². The molecule has 11 heavy (non-hydrogen) atoms. The molecule has 0 aromatic heterocycles. The Labute approximate surface area is 68.9 Å². The third kappa shape index (κ3) is 2.15. The Kier molecular flexibility index (Phi) is 2.14. The fourth-order valence-corrected chi connectivity index (χ4v) is 1.80. The number of aryl methyl sites for hydroxylation is 1. The molecule has 0 heterocycles. The molecule has 0 aliphatic rings. The summed E-state index contributed by atoms with van der Waals surface area (Å²) >= 11 is 0. The van der Waals surface area contributed by atoms with Gasteiger partial charge in [0.1, 0.15) is 22.4 Å². The molecule has 1 nitrogen and oxygen atoms in total. The van der Waals surface area contributed by atoms with Gasteiger partial charge in [-0.3, -0.25) is 0 Å². The van der Waals surface area contributed by atoms with E-state index in [2.05, 4.69) is 0 Å². The first-order valence-corrected chi connectivity index (χ1v) is 5.88. The van der Waals surface area contributed by atoms with Gasteiger partial charge in [0, 0.05) is 0 Å². The van der Waals surface area contributed by atoms with Crippen molar-refractivity contribution >= 4 is 9.93 Å². The van der Waals surface area contributed by atoms with Gasteiger partial charge in [0.15, 0.2) is 4.90 Å². The van der Waals surface area contributed by atoms with Crippen LogP contribution in [0.15, 0.2) is 29.2 Å². The third-order valence-electron chi connectivity index (χ3n) is 1.56. The predicted molar refractivity (Wildman–Crippen MR) is 49.3 cm³/mol. The molecular formula is C9H13OS+. The van der Waals surface area contributed by atoms with Gasteiger partial charge in [-0.2, -0.15) is 0 Å². The van der Waals surface area contributed by atoms with E-state index in [1.165, 1.54) is 5.56 Å². The van der Waals surface area contributed by atoms with Crippen LogP contribution in [0.3, 0.4) is 0 Å². The van der Waals surface area contributed by atoms with Gasteiger partial charge >= 0.3 is 0 Å². The third-order valence-corrected chi connectivity index (χ3v) is 2.95. The Bertz CT molecular complexity index is 298. The number of hydrogen-bond donors (Lipinski definition) is 0. The van der Waals surface area contributed by atoms with Gasteiger partial charge in [-0.1, -0.05) is 12.1 Å². The first kappa shape index (κ1) is 8.47. The number of benzene rings is 1. The molecule has 0 bridgehead atoms. The van der Waals surface area contributed by atoms with Crippen LogP contribution in [0.5, 0.6) is 0 Å². The van der Waals surface area contributed by atoms with E-state index in [0.29, 0.717) is 0 Å². The minimum Gasteiger partial charge on any atom is -0.100 e. The van der Waals surface area contributed by atoms with E-state index in [1.807, 2.05) is 31.2 Å². The van der Waals surface area contributed by atoms with Crippen molar-refractivity contribution in [3.63, 3.8) is 0 Å². The lowest BCUT2D eigenvalue weighted by Crippen LogP contribution is -2.04. The van der Waals surface area contributed by atoms with Crippen LogP contribution in [0.4, 0.5) is 0 Å². The molecule has 0 amide bonds. The van der Waals surface area contributed by atoms with Crippen molar-refractivity contribution in [1.82, 2.24) is 0 Å². The Morgan fingerprint density at radius 3 is 2.27 bits per heavy atom. The number of rotatable bonds is 1. The molecule has 0 saturated heterocycles. The van der Waals surface area contributed by atoms with E-state index in [9.17, 15) is 4.21 Å². The molecule has 1 aromatic rings. The van der Waals surface area contributed by atoms with E-state index in [-0.39, 0.29) is 0 Å². The standard InChI is InChI=1S/C9H13OS/c1-8-5-4-6-9(7-8)11(2,3)10/h4-7H,1-3H3/q+1. The lowest BCUT2D eigenvalue weighted by Gasteiger charge is -1.99. The smallest absolute Gasteiger partial charge is 0.100 e. The zero-order valence-electron chi connectivity index (χ0n) is 7.13. The molecule has 0 N–H and O–H groups in total. The maximum absolute atomic E-state index is 11.5. The van der Waals surface area contributed by atoms with Crippen molar-refractivity contribution in [3.8, 4) is 0 Å². The topological polar surface area (TPSA) is 17.1 Å². The van der Waals surface area contributed by atoms with Crippen LogP contribution < -0.4 is 0 Å². The fourth-order valence-electron chi connectivity index (χ4n) is 0.921. The van der Waals surface area contributed by atoms with E-state index < -0.39 is 9.93 Å². The molecule has 0 saturated carbocycles. The molecule has 0 radical (unpaired) electrons. The molecule has 0 aliphatic heterocycles. The van der Waals surface area contributed by atoms with Crippen molar-refractivity contribution in [2.24, 2.45) is 0 Å². The van der Waals surface area contributed by atoms with Crippen LogP contribution in [-0.4, -0.2) is 12.5 Å². The zero-order chi connectivity index (χ0) is 8.48. The Balaban J connectivity index is 3.17. The number of hydrogen-bond acceptors (Lipinski definition) is 1. The first-order chi connectivity index (χ1) is 5.00. The molecule has 60 valence electrons. The van der Waals surface area contributed by atoms with Gasteiger partial charge in [-0.15, -0.1) is 4.21 Å². The molecule has 1 aromatic carbocycles. The summed E-state index contributed by atoms with van der Waals surface area (Å²) < 4.78 is 11.5. The first-order valence-electron chi connectivity index (χ1n) is 3.51. The molecule has 1 rings (SSSR count). The van der Waals surface area contributed by atoms with Gasteiger partial charge < -0.3 is 0 Å². The highest BCUT2D eigenvalue weighted by atomic mass is 32.2. The zero-order valence-corrected chi connectivity index (χ0v) is 7.94. The lowest BCUT2D eigenvalue weighted by molar-refractivity contribution is 0.591. The second kappa shape index (κ2) is 2.78. The quantitative estimate of drug-likeness (QED) is 0.588. The van der Waals surface area contributed by atoms with E-state index in [1.54, 1.807) is 12.5 Å². The van der Waals surface area contributed by atoms with Crippen molar-refractivity contribution in [1.29, 1.82) is 0 Å². The lowest BCUT2D eigenvalue weighted by atomic mass is 10.2. The van der Waals surface area contributed by atoms with Gasteiger partial charge in [0.05, 0.1) is 0 Å². The molecular weight excluding hydrogens is 156 g/mol. The summed E-state index contributed by atoms with van der Waals surface area (Å²) in [5.41, 5.74) is 1.17. The summed E-state index contributed by atoms with van der Waals surface area (Å²) in [4.78, 5) is 0.942. The van der Waals surface area contributed by atoms with E-state index >= 15 is 0 Å². The molecule has 0 spiro atoms. The van der Waals surface area contributed by atoms with Gasteiger partial charge in [-0.25, -0.2) is 0 Å². The predicted octanol–water partition coefficient (Wildman–Crippen LogP) is 2.11. The minimum atomic E-state index is -1.78. The highest BCUT2D eigenvalue weighted by Crippen LogP contribution is 2.14. The van der Waals surface area contributed by atoms with E-state index in [0.717, 1.165) is 4.90 Å². The van der Waals surface area contributed by atoms with Crippen LogP contribution in [0.25, 0.3) is 0 Å². The molecule has 0 atom stereocenters. The van der Waals surface area contributed by atoms with Crippen LogP contribution >= 0.6 is 0 Å². The molecule has 2 heteroatoms. The van der Waals surface area contributed by atoms with Crippen LogP contribution in [0.2, 0.25) is 0 Å². The monoisotopic (exact) mass is 169 g/mol. The molecule has 0 fully saturated rings. The fraction of sp³-hybridized carbons (Fsp3) is 0.333. The molecule has 0 unspecified atom stereocenters. The maximum atomic E-state index is 11.5. The Morgan fingerprint density at radius 1 is 1.27 bits per heavy atom. The minimum absolute atomic E-state index is 0.942. The summed E-state index contributed by atoms with van der Waals surface area (Å²) in [5.74, 6) is 0. The summed E-state index contributed by atoms with van der Waals surface area (Å²) in [6.07, 6.45) is 3.53. The van der Waals surface area contributed by atoms with Crippen LogP contribution in [-0.2, 0) is 14.1 Å². The Morgan fingerprint density at radius 2 is 1.91 bits per heavy atom. The maximum Gasteiger partial charge on any atom is 0.157 e. The normalized spacial score (nSPS) is 11.5. The van der Waals surface area contributed by atoms with Gasteiger partial charge in [0.2, 0.25) is 0 Å². The second-order valence-electron chi connectivity index (χ2n) is 3.05. The molecule has 0 aliphatic carbocycles. The van der Waals surface area contributed by atoms with E-state index in [4.69, 9.17) is 0 Å². The van der Waals surface area contributed by atoms with Crippen molar-refractivity contribution in [2.45, 2.75) is 11.8 Å². The van der Waals surface area contributed by atoms with Gasteiger partial charge in [-0.05, 0) is 24.6 Å². The van der Waals surface area contributed by atoms with Crippen LogP contribution in [0, 0.1) is 6.92 Å². The van der Waals surface area contributed by atoms with Crippen LogP contribution in [0.1, 0.15) is 5.56 Å². The average molecular weight is 169 g/mol. The highest BCUT2D eigenvalue weighted by Gasteiger charge is 2.16. The second-order valence-corrected chi connectivity index (χ2v) is 5.99. The summed E-state index contributed by atoms with van der Waals surface area (Å²) in [6.45, 7) is 2.01. The highest BCUT2D eigenvalue weighted by molar-refractivity contribution is 8.01. The average Bonchev–Trinajstić information content (AvgIpc) is 1.86. The Hall–Kier alpha value is -0.630. The van der Waals surface area contributed by atoms with Crippen molar-refractivity contribution in [2.75, 3.05) is 12.5 Å².